The van der Waals surface area contributed by atoms with Crippen LogP contribution in [0, 0.1) is 0 Å². The molecule has 0 bridgehead atoms. The van der Waals surface area contributed by atoms with Gasteiger partial charge in [0.1, 0.15) is 85.1 Å². The van der Waals surface area contributed by atoms with Crippen LogP contribution in [0.15, 0.2) is 48.5 Å². The highest BCUT2D eigenvalue weighted by molar-refractivity contribution is 7.99. The van der Waals surface area contributed by atoms with E-state index in [-0.39, 0.29) is 23.8 Å². The maximum atomic E-state index is 14.6. The van der Waals surface area contributed by atoms with Crippen molar-refractivity contribution in [3.05, 3.63) is 59.7 Å². The normalized spacial score (nSPS) is 17.3. The summed E-state index contributed by atoms with van der Waals surface area (Å²) in [4.78, 5) is 149. The number of aliphatic carboxylic acids is 2. The fourth-order valence-corrected chi connectivity index (χ4v) is 11.4. The number of thiol groups is 1. The molecule has 0 heterocycles. The number of fused-ring (bicyclic) bond motifs is 3. The lowest BCUT2D eigenvalue weighted by Gasteiger charge is -2.28. The molecule has 39 heteroatoms. The Bertz CT molecular complexity index is 3010. The zero-order valence-corrected chi connectivity index (χ0v) is 57.4. The number of thioether (sulfide) groups is 1. The quantitative estimate of drug-likeness (QED) is 0.0216. The van der Waals surface area contributed by atoms with Gasteiger partial charge in [0.15, 0.2) is 0 Å². The Morgan fingerprint density at radius 2 is 0.676 bits per heavy atom. The molecule has 0 aromatic heterocycles. The first-order valence-corrected chi connectivity index (χ1v) is 34.4. The van der Waals surface area contributed by atoms with Crippen molar-refractivity contribution >= 4 is 89.5 Å². The van der Waals surface area contributed by atoms with E-state index >= 15 is 0 Å². The summed E-state index contributed by atoms with van der Waals surface area (Å²) in [5, 5.41) is 189. The van der Waals surface area contributed by atoms with Gasteiger partial charge in [0.2, 0.25) is 53.2 Å². The maximum absolute atomic E-state index is 14.6. The zero-order valence-electron chi connectivity index (χ0n) is 55.7. The minimum atomic E-state index is -2.16. The summed E-state index contributed by atoms with van der Waals surface area (Å²) in [6.45, 7) is -3.93. The molecule has 26 N–H and O–H groups in total. The lowest BCUT2D eigenvalue weighted by Crippen LogP contribution is -2.59. The van der Waals surface area contributed by atoms with E-state index in [9.17, 15) is 129 Å². The number of nitrogens with one attached hydrogen (secondary N) is 9. The van der Waals surface area contributed by atoms with Gasteiger partial charge in [-0.25, -0.2) is 0 Å². The molecule has 3 rings (SSSR count). The van der Waals surface area contributed by atoms with Gasteiger partial charge in [0, 0.05) is 87.4 Å². The summed E-state index contributed by atoms with van der Waals surface area (Å²) in [7, 11) is 0. The third kappa shape index (κ3) is 29.8. The van der Waals surface area contributed by atoms with Gasteiger partial charge >= 0.3 is 11.9 Å². The number of benzene rings is 2. The number of carboxylic acids is 2. The van der Waals surface area contributed by atoms with Crippen LogP contribution < -0.4 is 47.9 Å². The van der Waals surface area contributed by atoms with Crippen LogP contribution in [-0.2, 0) is 52.7 Å². The molecule has 0 radical (unpaired) electrons. The molecule has 1 aliphatic rings. The van der Waals surface area contributed by atoms with Crippen molar-refractivity contribution in [2.45, 2.75) is 193 Å². The lowest BCUT2D eigenvalue weighted by atomic mass is 9.99. The molecule has 18 atom stereocenters. The van der Waals surface area contributed by atoms with Crippen LogP contribution in [0.25, 0.3) is 11.1 Å². The Kier molecular flexibility index (Phi) is 39.9. The number of carbonyl (C=O) groups excluding carboxylic acids is 9. The van der Waals surface area contributed by atoms with Gasteiger partial charge in [0.05, 0.1) is 38.1 Å². The minimum absolute atomic E-state index is 0.0335. The standard InChI is InChI=1S/C63H97N9O28S2/c1-30(28-101)67-59(96)37(11-16-48(83)65-23-42(77)54(91)57(94)45(80)26-74)69-62(99)40(14-19-52(88)89)72-61(98)38(12-17-49(84)66-24-43(78)55(92)58(95)46(81)27-75)70-63(100)39(13-18-51(86)87)71-60(97)36(10-15-47(82)64-22-41(76)53(90)56(93)44(79)25-73)68-50(85)20-21-102-29-35-33-8-4-2-6-31(33)32-7-3-5-9-34(32)35/h2-9,30,35-46,53-58,73-81,90-95,101H,10-29H2,1H3,(H,64,82)(H,65,83)(H,66,84)(H,67,96)(H,68,85)(H,69,99)(H,70,100)(H,71,97)(H,72,98)(H,86,87)(H,88,89)/t30-,36+,37+,38+,39+,40+,41+,42+,43+,44-,45-,46-,53-,54-,55-,56-,57-,58-/m1/s1. The number of aliphatic hydroxyl groups excluding tert-OH is 15. The first kappa shape index (κ1) is 88.9. The summed E-state index contributed by atoms with van der Waals surface area (Å²) >= 11 is 5.53. The summed E-state index contributed by atoms with van der Waals surface area (Å²) in [5.74, 6) is -12.4. The first-order chi connectivity index (χ1) is 48.2. The van der Waals surface area contributed by atoms with Crippen LogP contribution >= 0.6 is 24.4 Å². The van der Waals surface area contributed by atoms with Crippen LogP contribution in [-0.4, -0.2) is 318 Å². The van der Waals surface area contributed by atoms with E-state index in [2.05, 4.69) is 60.5 Å². The molecule has 2 aromatic carbocycles. The van der Waals surface area contributed by atoms with Crippen molar-refractivity contribution in [1.82, 2.24) is 47.9 Å². The molecule has 0 saturated carbocycles. The second-order valence-corrected chi connectivity index (χ2v) is 25.8. The van der Waals surface area contributed by atoms with Gasteiger partial charge in [-0.1, -0.05) is 48.5 Å². The van der Waals surface area contributed by atoms with E-state index in [1.165, 1.54) is 18.7 Å². The van der Waals surface area contributed by atoms with Crippen LogP contribution in [0.5, 0.6) is 0 Å². The summed E-state index contributed by atoms with van der Waals surface area (Å²) < 4.78 is 0. The lowest BCUT2D eigenvalue weighted by molar-refractivity contribution is -0.139. The monoisotopic (exact) mass is 1490 g/mol. The summed E-state index contributed by atoms with van der Waals surface area (Å²) in [6, 6.07) is 5.42. The molecule has 2 aromatic rings. The van der Waals surface area contributed by atoms with E-state index in [1.54, 1.807) is 0 Å². The molecule has 37 nitrogen and oxygen atoms in total. The van der Waals surface area contributed by atoms with Crippen LogP contribution in [0.1, 0.15) is 94.6 Å². The highest BCUT2D eigenvalue weighted by atomic mass is 32.2. The Hall–Kier alpha value is -7.29. The molecule has 0 saturated heterocycles. The molecule has 0 aliphatic heterocycles. The van der Waals surface area contributed by atoms with Crippen LogP contribution in [0.2, 0.25) is 0 Å². The van der Waals surface area contributed by atoms with E-state index in [4.69, 9.17) is 10.2 Å². The third-order valence-corrected chi connectivity index (χ3v) is 18.0. The van der Waals surface area contributed by atoms with Gasteiger partial charge < -0.3 is 135 Å². The van der Waals surface area contributed by atoms with E-state index in [0.29, 0.717) is 5.75 Å². The second kappa shape index (κ2) is 45.7. The van der Waals surface area contributed by atoms with Crippen LogP contribution in [0.4, 0.5) is 0 Å². The highest BCUT2D eigenvalue weighted by Gasteiger charge is 2.37. The maximum Gasteiger partial charge on any atom is 0.303 e. The molecule has 0 unspecified atom stereocenters. The summed E-state index contributed by atoms with van der Waals surface area (Å²) in [6.07, 6.45) is -31.9. The van der Waals surface area contributed by atoms with Gasteiger partial charge in [-0.3, -0.25) is 52.7 Å². The Labute approximate surface area is 595 Å². The second-order valence-electron chi connectivity index (χ2n) is 24.3. The molecular weight excluding hydrogens is 1390 g/mol. The number of carbonyl (C=O) groups is 11. The number of amides is 9. The highest BCUT2D eigenvalue weighted by Crippen LogP contribution is 2.45. The van der Waals surface area contributed by atoms with Crippen molar-refractivity contribution in [2.24, 2.45) is 0 Å². The van der Waals surface area contributed by atoms with Gasteiger partial charge in [-0.05, 0) is 61.3 Å². The van der Waals surface area contributed by atoms with Gasteiger partial charge in [-0.2, -0.15) is 24.4 Å². The fraction of sp³-hybridized carbons (Fsp3) is 0.635. The average molecular weight is 1490 g/mol. The van der Waals surface area contributed by atoms with Gasteiger partial charge in [-0.15, -0.1) is 0 Å². The number of hydrogen-bond acceptors (Lipinski definition) is 28. The van der Waals surface area contributed by atoms with E-state index in [1.807, 2.05) is 48.5 Å². The minimum Gasteiger partial charge on any atom is -0.481 e. The molecule has 0 spiro atoms. The fourth-order valence-electron chi connectivity index (χ4n) is 10.2. The Balaban J connectivity index is 2.01. The smallest absolute Gasteiger partial charge is 0.303 e. The van der Waals surface area contributed by atoms with E-state index in [0.717, 1.165) is 22.3 Å². The molecule has 9 amide bonds. The molecule has 102 heavy (non-hydrogen) atoms. The third-order valence-electron chi connectivity index (χ3n) is 16.3. The topological polar surface area (TPSA) is 640 Å². The molecular formula is C63H97N9O28S2. The Morgan fingerprint density at radius 3 is 0.980 bits per heavy atom. The number of hydrogen-bond donors (Lipinski definition) is 27. The summed E-state index contributed by atoms with van der Waals surface area (Å²) in [5.41, 5.74) is 4.25. The Morgan fingerprint density at radius 1 is 0.392 bits per heavy atom. The number of rotatable bonds is 50. The van der Waals surface area contributed by atoms with Crippen molar-refractivity contribution in [3.63, 3.8) is 0 Å². The van der Waals surface area contributed by atoms with E-state index < -0.39 is 278 Å². The molecule has 0 fully saturated rings. The largest absolute Gasteiger partial charge is 0.481 e. The molecule has 1 aliphatic carbocycles. The van der Waals surface area contributed by atoms with Crippen molar-refractivity contribution in [2.75, 3.05) is 56.7 Å². The molecule has 574 valence electrons. The first-order valence-electron chi connectivity index (χ1n) is 32.6. The predicted octanol–water partition coefficient (Wildman–Crippen LogP) is -9.49. The van der Waals surface area contributed by atoms with Crippen molar-refractivity contribution < 1.29 is 140 Å². The number of aliphatic hydroxyl groups is 15. The van der Waals surface area contributed by atoms with Gasteiger partial charge in [0.25, 0.3) is 0 Å². The predicted molar refractivity (Wildman–Crippen MR) is 361 cm³/mol. The SMILES string of the molecule is C[C@H](CS)NC(=O)[C@H](CCC(=O)NC[C@H](O)[C@@H](O)[C@H](O)[C@H](O)CO)NC(=O)[C@H](CCC(=O)O)NC(=O)[C@H](CCC(=O)NC[C@H](O)[C@@H](O)[C@H](O)[C@H](O)CO)NC(=O)[C@H](CCC(=O)O)NC(=O)[C@H](CCC(=O)NC[C@H](O)[C@@H](O)[C@H](O)[C@H](O)CO)NC(=O)CCSCC1c2ccccc2-c2ccccc21. The van der Waals surface area contributed by atoms with Crippen molar-refractivity contribution in [3.8, 4) is 11.1 Å². The average Bonchev–Trinajstić information content (AvgIpc) is 1.62. The van der Waals surface area contributed by atoms with Crippen LogP contribution in [0.3, 0.4) is 0 Å². The number of carboxylic acid groups (broad SMARTS) is 2. The zero-order chi connectivity index (χ0) is 76.5. The van der Waals surface area contributed by atoms with Crippen molar-refractivity contribution in [1.29, 1.82) is 0 Å².